The van der Waals surface area contributed by atoms with Gasteiger partial charge in [0.25, 0.3) is 5.91 Å². The molecule has 0 fully saturated rings. The van der Waals surface area contributed by atoms with Crippen molar-refractivity contribution in [3.63, 3.8) is 0 Å². The van der Waals surface area contributed by atoms with Crippen LogP contribution in [0.5, 0.6) is 0 Å². The molecule has 0 spiro atoms. The molecular weight excluding hydrogens is 410 g/mol. The molecule has 6 heteroatoms. The number of aryl methyl sites for hydroxylation is 2. The number of rotatable bonds is 7. The Balaban J connectivity index is 1.70. The maximum Gasteiger partial charge on any atom is 0.339 e. The van der Waals surface area contributed by atoms with Crippen molar-refractivity contribution in [2.75, 3.05) is 18.2 Å². The lowest BCUT2D eigenvalue weighted by Gasteiger charge is -2.11. The third kappa shape index (κ3) is 5.61. The van der Waals surface area contributed by atoms with E-state index in [-0.39, 0.29) is 16.9 Å². The average Bonchev–Trinajstić information content (AvgIpc) is 2.79. The minimum atomic E-state index is -0.721. The van der Waals surface area contributed by atoms with Crippen LogP contribution in [0.1, 0.15) is 37.4 Å². The molecule has 1 amide bonds. The summed E-state index contributed by atoms with van der Waals surface area (Å²) in [6.07, 6.45) is 1.94. The Labute approximate surface area is 185 Å². The van der Waals surface area contributed by atoms with Gasteiger partial charge in [-0.25, -0.2) is 4.79 Å². The van der Waals surface area contributed by atoms with Crippen LogP contribution in [0.15, 0.2) is 71.6 Å². The molecule has 3 aromatic carbocycles. The van der Waals surface area contributed by atoms with Gasteiger partial charge in [0.15, 0.2) is 12.4 Å². The minimum absolute atomic E-state index is 0.128. The second-order valence-electron chi connectivity index (χ2n) is 7.03. The van der Waals surface area contributed by atoms with Gasteiger partial charge in [-0.05, 0) is 61.6 Å². The summed E-state index contributed by atoms with van der Waals surface area (Å²) >= 11 is 1.56. The molecule has 5 nitrogen and oxygen atoms in total. The Bertz CT molecular complexity index is 1140. The van der Waals surface area contributed by atoms with Gasteiger partial charge in [0.05, 0.1) is 5.56 Å². The van der Waals surface area contributed by atoms with Gasteiger partial charge in [0.1, 0.15) is 0 Å². The van der Waals surface area contributed by atoms with E-state index in [4.69, 9.17) is 4.74 Å². The fraction of sp³-hybridized carbons (Fsp3) is 0.160. The van der Waals surface area contributed by atoms with Crippen LogP contribution in [0.2, 0.25) is 0 Å². The predicted octanol–water partition coefficient (Wildman–Crippen LogP) is 5.05. The van der Waals surface area contributed by atoms with Gasteiger partial charge >= 0.3 is 5.97 Å². The molecule has 0 unspecified atom stereocenters. The molecule has 0 saturated heterocycles. The largest absolute Gasteiger partial charge is 0.452 e. The lowest BCUT2D eigenvalue weighted by molar-refractivity contribution is -0.119. The van der Waals surface area contributed by atoms with Gasteiger partial charge in [0, 0.05) is 21.7 Å². The predicted molar refractivity (Wildman–Crippen MR) is 123 cm³/mol. The molecule has 3 aromatic rings. The summed E-state index contributed by atoms with van der Waals surface area (Å²) in [6, 6.07) is 19.2. The second-order valence-corrected chi connectivity index (χ2v) is 7.91. The smallest absolute Gasteiger partial charge is 0.339 e. The van der Waals surface area contributed by atoms with Crippen molar-refractivity contribution in [2.45, 2.75) is 18.7 Å². The third-order valence-electron chi connectivity index (χ3n) is 4.85. The van der Waals surface area contributed by atoms with E-state index in [0.29, 0.717) is 11.3 Å². The zero-order valence-corrected chi connectivity index (χ0v) is 18.4. The SMILES string of the molecule is CSc1cccc(NC(=O)COC(=O)c2ccccc2C(=O)c2ccc(C)c(C)c2)c1. The average molecular weight is 434 g/mol. The number of nitrogens with one attached hydrogen (secondary N) is 1. The lowest BCUT2D eigenvalue weighted by atomic mass is 9.96. The monoisotopic (exact) mass is 433 g/mol. The van der Waals surface area contributed by atoms with E-state index in [1.54, 1.807) is 48.2 Å². The molecule has 0 saturated carbocycles. The summed E-state index contributed by atoms with van der Waals surface area (Å²) in [5.74, 6) is -1.45. The number of hydrogen-bond donors (Lipinski definition) is 1. The van der Waals surface area contributed by atoms with E-state index >= 15 is 0 Å². The zero-order chi connectivity index (χ0) is 22.4. The Hall–Kier alpha value is -3.38. The Morgan fingerprint density at radius 1 is 0.871 bits per heavy atom. The maximum atomic E-state index is 13.0. The first-order chi connectivity index (χ1) is 14.9. The zero-order valence-electron chi connectivity index (χ0n) is 17.6. The van der Waals surface area contributed by atoms with Gasteiger partial charge in [-0.2, -0.15) is 0 Å². The standard InChI is InChI=1S/C25H23NO4S/c1-16-11-12-18(13-17(16)2)24(28)21-9-4-5-10-22(21)25(29)30-15-23(27)26-19-7-6-8-20(14-19)31-3/h4-14H,15H2,1-3H3,(H,26,27). The topological polar surface area (TPSA) is 72.5 Å². The van der Waals surface area contributed by atoms with Crippen LogP contribution in [0.4, 0.5) is 5.69 Å². The van der Waals surface area contributed by atoms with E-state index in [2.05, 4.69) is 5.32 Å². The molecule has 0 aliphatic rings. The summed E-state index contributed by atoms with van der Waals surface area (Å²) in [7, 11) is 0. The number of ether oxygens (including phenoxy) is 1. The van der Waals surface area contributed by atoms with Crippen LogP contribution >= 0.6 is 11.8 Å². The van der Waals surface area contributed by atoms with E-state index in [0.717, 1.165) is 16.0 Å². The summed E-state index contributed by atoms with van der Waals surface area (Å²) in [5, 5.41) is 2.70. The van der Waals surface area contributed by atoms with Gasteiger partial charge in [-0.1, -0.05) is 36.4 Å². The molecule has 0 aliphatic carbocycles. The van der Waals surface area contributed by atoms with Crippen LogP contribution in [-0.4, -0.2) is 30.5 Å². The summed E-state index contributed by atoms with van der Waals surface area (Å²) < 4.78 is 5.18. The summed E-state index contributed by atoms with van der Waals surface area (Å²) in [6.45, 7) is 3.45. The van der Waals surface area contributed by atoms with E-state index < -0.39 is 18.5 Å². The van der Waals surface area contributed by atoms with Gasteiger partial charge < -0.3 is 10.1 Å². The number of ketones is 1. The molecule has 0 aromatic heterocycles. The molecule has 1 N–H and O–H groups in total. The van der Waals surface area contributed by atoms with Crippen molar-refractivity contribution >= 4 is 35.1 Å². The van der Waals surface area contributed by atoms with Gasteiger partial charge in [0.2, 0.25) is 0 Å². The lowest BCUT2D eigenvalue weighted by Crippen LogP contribution is -2.22. The summed E-state index contributed by atoms with van der Waals surface area (Å²) in [5.41, 5.74) is 3.56. The van der Waals surface area contributed by atoms with Crippen LogP contribution in [0.25, 0.3) is 0 Å². The molecule has 158 valence electrons. The molecule has 0 aliphatic heterocycles. The molecule has 31 heavy (non-hydrogen) atoms. The van der Waals surface area contributed by atoms with Crippen LogP contribution in [0, 0.1) is 13.8 Å². The molecule has 0 atom stereocenters. The number of amides is 1. The van der Waals surface area contributed by atoms with Crippen molar-refractivity contribution < 1.29 is 19.1 Å². The number of hydrogen-bond acceptors (Lipinski definition) is 5. The van der Waals surface area contributed by atoms with Gasteiger partial charge in [-0.15, -0.1) is 11.8 Å². The number of benzene rings is 3. The second kappa shape index (κ2) is 10.1. The van der Waals surface area contributed by atoms with Crippen molar-refractivity contribution in [3.8, 4) is 0 Å². The van der Waals surface area contributed by atoms with E-state index in [1.807, 2.05) is 44.4 Å². The number of carbonyl (C=O) groups is 3. The molecule has 0 heterocycles. The fourth-order valence-electron chi connectivity index (χ4n) is 3.00. The Morgan fingerprint density at radius 2 is 1.61 bits per heavy atom. The van der Waals surface area contributed by atoms with Crippen molar-refractivity contribution in [2.24, 2.45) is 0 Å². The molecular formula is C25H23NO4S. The normalized spacial score (nSPS) is 10.4. The quantitative estimate of drug-likeness (QED) is 0.321. The first-order valence-corrected chi connectivity index (χ1v) is 10.9. The first kappa shape index (κ1) is 22.3. The number of anilines is 1. The van der Waals surface area contributed by atoms with Gasteiger partial charge in [-0.3, -0.25) is 9.59 Å². The minimum Gasteiger partial charge on any atom is -0.452 e. The van der Waals surface area contributed by atoms with Crippen molar-refractivity contribution in [1.29, 1.82) is 0 Å². The Kier molecular flexibility index (Phi) is 7.26. The highest BCUT2D eigenvalue weighted by molar-refractivity contribution is 7.98. The maximum absolute atomic E-state index is 13.0. The summed E-state index contributed by atoms with van der Waals surface area (Å²) in [4.78, 5) is 38.8. The van der Waals surface area contributed by atoms with E-state index in [9.17, 15) is 14.4 Å². The first-order valence-electron chi connectivity index (χ1n) is 9.71. The highest BCUT2D eigenvalue weighted by atomic mass is 32.2. The van der Waals surface area contributed by atoms with Crippen LogP contribution in [-0.2, 0) is 9.53 Å². The number of esters is 1. The fourth-order valence-corrected chi connectivity index (χ4v) is 3.46. The number of thioether (sulfide) groups is 1. The third-order valence-corrected chi connectivity index (χ3v) is 5.57. The van der Waals surface area contributed by atoms with E-state index in [1.165, 1.54) is 6.07 Å². The highest BCUT2D eigenvalue weighted by Crippen LogP contribution is 2.20. The molecule has 0 bridgehead atoms. The Morgan fingerprint density at radius 3 is 2.32 bits per heavy atom. The highest BCUT2D eigenvalue weighted by Gasteiger charge is 2.20. The van der Waals surface area contributed by atoms with Crippen molar-refractivity contribution in [1.82, 2.24) is 0 Å². The van der Waals surface area contributed by atoms with Crippen molar-refractivity contribution in [3.05, 3.63) is 94.5 Å². The van der Waals surface area contributed by atoms with Crippen LogP contribution in [0.3, 0.4) is 0 Å². The molecule has 3 rings (SSSR count). The van der Waals surface area contributed by atoms with Crippen LogP contribution < -0.4 is 5.32 Å². The number of carbonyl (C=O) groups excluding carboxylic acids is 3. The molecule has 0 radical (unpaired) electrons.